The predicted molar refractivity (Wildman–Crippen MR) is 72.7 cm³/mol. The standard InChI is InChI=1S/C13H15NO4S/c1-2-18-13(15)11-5-3-4-6-12(11)14-10-7-8-19(16,17)9-10/h3-8,10,14H,2,9H2,1H3. The molecule has 0 fully saturated rings. The van der Waals surface area contributed by atoms with Crippen LogP contribution in [0.1, 0.15) is 17.3 Å². The van der Waals surface area contributed by atoms with E-state index in [1.807, 2.05) is 0 Å². The Morgan fingerprint density at radius 3 is 2.79 bits per heavy atom. The van der Waals surface area contributed by atoms with Gasteiger partial charge in [-0.1, -0.05) is 18.2 Å². The molecule has 1 aromatic carbocycles. The van der Waals surface area contributed by atoms with Crippen molar-refractivity contribution >= 4 is 21.5 Å². The van der Waals surface area contributed by atoms with E-state index in [2.05, 4.69) is 5.32 Å². The summed E-state index contributed by atoms with van der Waals surface area (Å²) in [6.07, 6.45) is 1.58. The predicted octanol–water partition coefficient (Wildman–Crippen LogP) is 1.59. The van der Waals surface area contributed by atoms with Gasteiger partial charge in [-0.15, -0.1) is 0 Å². The van der Waals surface area contributed by atoms with Gasteiger partial charge in [0.05, 0.1) is 24.0 Å². The summed E-state index contributed by atoms with van der Waals surface area (Å²) in [6.45, 7) is 2.03. The fraction of sp³-hybridized carbons (Fsp3) is 0.308. The highest BCUT2D eigenvalue weighted by molar-refractivity contribution is 7.94. The van der Waals surface area contributed by atoms with Crippen molar-refractivity contribution < 1.29 is 17.9 Å². The van der Waals surface area contributed by atoms with E-state index < -0.39 is 15.8 Å². The average Bonchev–Trinajstić information content (AvgIpc) is 2.69. The number of hydrogen-bond acceptors (Lipinski definition) is 5. The number of rotatable bonds is 4. The molecule has 0 saturated heterocycles. The third-order valence-electron chi connectivity index (χ3n) is 2.69. The van der Waals surface area contributed by atoms with Gasteiger partial charge in [-0.2, -0.15) is 0 Å². The molecule has 1 heterocycles. The monoisotopic (exact) mass is 281 g/mol. The van der Waals surface area contributed by atoms with Crippen LogP contribution in [-0.2, 0) is 14.6 Å². The van der Waals surface area contributed by atoms with Crippen LogP contribution < -0.4 is 5.32 Å². The molecule has 0 aliphatic carbocycles. The van der Waals surface area contributed by atoms with E-state index in [4.69, 9.17) is 4.74 Å². The second kappa shape index (κ2) is 5.44. The van der Waals surface area contributed by atoms with E-state index in [9.17, 15) is 13.2 Å². The highest BCUT2D eigenvalue weighted by Gasteiger charge is 2.23. The molecule has 1 aliphatic heterocycles. The Bertz CT molecular complexity index is 607. The van der Waals surface area contributed by atoms with Gasteiger partial charge in [0.2, 0.25) is 0 Å². The van der Waals surface area contributed by atoms with Crippen molar-refractivity contribution in [2.24, 2.45) is 0 Å². The number of esters is 1. The molecule has 0 spiro atoms. The maximum atomic E-state index is 11.8. The number of hydrogen-bond donors (Lipinski definition) is 1. The number of carbonyl (C=O) groups is 1. The zero-order valence-electron chi connectivity index (χ0n) is 10.5. The van der Waals surface area contributed by atoms with Crippen molar-refractivity contribution in [2.75, 3.05) is 17.7 Å². The molecule has 0 amide bonds. The largest absolute Gasteiger partial charge is 0.462 e. The molecule has 0 saturated carbocycles. The number of anilines is 1. The highest BCUT2D eigenvalue weighted by atomic mass is 32.2. The van der Waals surface area contributed by atoms with Crippen LogP contribution in [0, 0.1) is 0 Å². The van der Waals surface area contributed by atoms with Crippen LogP contribution in [0.25, 0.3) is 0 Å². The molecule has 19 heavy (non-hydrogen) atoms. The van der Waals surface area contributed by atoms with Gasteiger partial charge in [-0.05, 0) is 19.1 Å². The fourth-order valence-corrected chi connectivity index (χ4v) is 3.10. The summed E-state index contributed by atoms with van der Waals surface area (Å²) in [5.74, 6) is -0.417. The summed E-state index contributed by atoms with van der Waals surface area (Å²) in [7, 11) is -3.12. The van der Waals surface area contributed by atoms with E-state index in [1.54, 1.807) is 37.3 Å². The van der Waals surface area contributed by atoms with Crippen LogP contribution in [0.5, 0.6) is 0 Å². The van der Waals surface area contributed by atoms with E-state index in [1.165, 1.54) is 5.41 Å². The fourth-order valence-electron chi connectivity index (χ4n) is 1.86. The lowest BCUT2D eigenvalue weighted by Crippen LogP contribution is -2.22. The molecule has 0 radical (unpaired) electrons. The Morgan fingerprint density at radius 1 is 1.42 bits per heavy atom. The average molecular weight is 281 g/mol. The van der Waals surface area contributed by atoms with Crippen molar-refractivity contribution in [3.8, 4) is 0 Å². The minimum atomic E-state index is -3.12. The van der Waals surface area contributed by atoms with E-state index >= 15 is 0 Å². The number of sulfone groups is 1. The van der Waals surface area contributed by atoms with Crippen molar-refractivity contribution in [3.63, 3.8) is 0 Å². The molecule has 0 bridgehead atoms. The second-order valence-corrected chi connectivity index (χ2v) is 6.11. The van der Waals surface area contributed by atoms with Crippen molar-refractivity contribution in [3.05, 3.63) is 41.3 Å². The smallest absolute Gasteiger partial charge is 0.340 e. The zero-order valence-corrected chi connectivity index (χ0v) is 11.3. The summed E-state index contributed by atoms with van der Waals surface area (Å²) < 4.78 is 27.6. The first-order valence-corrected chi connectivity index (χ1v) is 7.67. The minimum Gasteiger partial charge on any atom is -0.462 e. The topological polar surface area (TPSA) is 72.5 Å². The molecular formula is C13H15NO4S. The molecule has 6 heteroatoms. The molecule has 2 rings (SSSR count). The summed E-state index contributed by atoms with van der Waals surface area (Å²) in [4.78, 5) is 11.8. The first-order chi connectivity index (χ1) is 9.02. The maximum Gasteiger partial charge on any atom is 0.340 e. The van der Waals surface area contributed by atoms with Crippen molar-refractivity contribution in [2.45, 2.75) is 13.0 Å². The molecule has 0 aromatic heterocycles. The summed E-state index contributed by atoms with van der Waals surface area (Å²) in [5.41, 5.74) is 0.981. The Hall–Kier alpha value is -1.82. The Labute approximate surface area is 112 Å². The highest BCUT2D eigenvalue weighted by Crippen LogP contribution is 2.20. The summed E-state index contributed by atoms with van der Waals surface area (Å²) >= 11 is 0. The van der Waals surface area contributed by atoms with Crippen LogP contribution in [0.2, 0.25) is 0 Å². The SMILES string of the molecule is CCOC(=O)c1ccccc1NC1C=CS(=O)(=O)C1. The molecule has 1 aromatic rings. The van der Waals surface area contributed by atoms with Crippen LogP contribution in [-0.4, -0.2) is 32.8 Å². The van der Waals surface area contributed by atoms with Gasteiger partial charge < -0.3 is 10.1 Å². The summed E-state index contributed by atoms with van der Waals surface area (Å²) in [5, 5.41) is 4.23. The Balaban J connectivity index is 2.17. The first kappa shape index (κ1) is 13.6. The number of carbonyl (C=O) groups excluding carboxylic acids is 1. The lowest BCUT2D eigenvalue weighted by molar-refractivity contribution is 0.0527. The first-order valence-electron chi connectivity index (χ1n) is 5.95. The van der Waals surface area contributed by atoms with E-state index in [-0.39, 0.29) is 11.8 Å². The van der Waals surface area contributed by atoms with Crippen LogP contribution in [0.15, 0.2) is 35.7 Å². The number of benzene rings is 1. The van der Waals surface area contributed by atoms with Gasteiger partial charge in [-0.25, -0.2) is 13.2 Å². The molecule has 1 N–H and O–H groups in total. The van der Waals surface area contributed by atoms with Gasteiger partial charge in [0.1, 0.15) is 0 Å². The van der Waals surface area contributed by atoms with Gasteiger partial charge in [0.25, 0.3) is 0 Å². The summed E-state index contributed by atoms with van der Waals surface area (Å²) in [6, 6.07) is 6.57. The Morgan fingerprint density at radius 2 is 2.16 bits per heavy atom. The van der Waals surface area contributed by atoms with Crippen LogP contribution in [0.4, 0.5) is 5.69 Å². The number of nitrogens with one attached hydrogen (secondary N) is 1. The molecule has 1 unspecified atom stereocenters. The lowest BCUT2D eigenvalue weighted by atomic mass is 10.1. The second-order valence-electron chi connectivity index (χ2n) is 4.17. The van der Waals surface area contributed by atoms with Crippen LogP contribution in [0.3, 0.4) is 0 Å². The molecule has 1 aliphatic rings. The maximum absolute atomic E-state index is 11.8. The molecule has 1 atom stereocenters. The van der Waals surface area contributed by atoms with Gasteiger partial charge in [-0.3, -0.25) is 0 Å². The zero-order chi connectivity index (χ0) is 13.9. The molecule has 102 valence electrons. The van der Waals surface area contributed by atoms with Gasteiger partial charge in [0, 0.05) is 11.1 Å². The quantitative estimate of drug-likeness (QED) is 0.848. The van der Waals surface area contributed by atoms with Crippen LogP contribution >= 0.6 is 0 Å². The Kier molecular flexibility index (Phi) is 3.90. The number of ether oxygens (including phenoxy) is 1. The van der Waals surface area contributed by atoms with Crippen molar-refractivity contribution in [1.82, 2.24) is 0 Å². The third-order valence-corrected chi connectivity index (χ3v) is 4.09. The third kappa shape index (κ3) is 3.35. The van der Waals surface area contributed by atoms with Crippen molar-refractivity contribution in [1.29, 1.82) is 0 Å². The normalized spacial score (nSPS) is 20.2. The lowest BCUT2D eigenvalue weighted by Gasteiger charge is -2.14. The number of para-hydroxylation sites is 1. The van der Waals surface area contributed by atoms with E-state index in [0.717, 1.165) is 0 Å². The van der Waals surface area contributed by atoms with Gasteiger partial charge >= 0.3 is 5.97 Å². The minimum absolute atomic E-state index is 0.00413. The molecule has 5 nitrogen and oxygen atoms in total. The van der Waals surface area contributed by atoms with Gasteiger partial charge in [0.15, 0.2) is 9.84 Å². The van der Waals surface area contributed by atoms with E-state index in [0.29, 0.717) is 17.9 Å². The molecular weight excluding hydrogens is 266 g/mol.